The number of Topliss-reactive ketones (excluding diaryl/α,β-unsaturated/α-hetero) is 1. The number of nitrogens with zero attached hydrogens (tertiary/aromatic N) is 1. The molecule has 0 aromatic carbocycles. The Kier molecular flexibility index (Phi) is 219. The molecule has 0 aromatic rings. The van der Waals surface area contributed by atoms with Crippen molar-refractivity contribution < 1.29 is 54.6 Å². The fourth-order valence-electron chi connectivity index (χ4n) is 8.64. The van der Waals surface area contributed by atoms with Crippen molar-refractivity contribution in [3.05, 3.63) is 12.7 Å². The van der Waals surface area contributed by atoms with Gasteiger partial charge in [-0.1, -0.05) is 323 Å². The number of methoxy groups -OCH3 is 1. The molecule has 0 aliphatic rings. The van der Waals surface area contributed by atoms with Gasteiger partial charge in [0.25, 0.3) is 0 Å². The summed E-state index contributed by atoms with van der Waals surface area (Å²) in [5.41, 5.74) is 20.5. The molecule has 0 rings (SSSR count). The molecule has 1 atom stereocenters. The summed E-state index contributed by atoms with van der Waals surface area (Å²) >= 11 is 0. The summed E-state index contributed by atoms with van der Waals surface area (Å²) in [5, 5.41) is 65.6. The minimum absolute atomic E-state index is 0.113. The number of aldehydes is 1. The Morgan fingerprint density at radius 2 is 0.764 bits per heavy atom. The number of terminal acetylenes is 2. The number of amides is 2. The van der Waals surface area contributed by atoms with Gasteiger partial charge in [-0.15, -0.1) is 31.3 Å². The second kappa shape index (κ2) is 166. The van der Waals surface area contributed by atoms with Crippen LogP contribution in [0.3, 0.4) is 0 Å². The van der Waals surface area contributed by atoms with E-state index in [-0.39, 0.29) is 24.7 Å². The number of allylic oxidation sites excluding steroid dienone is 1. The number of nitrogens with one attached hydrogen (secondary N) is 5. The first-order valence-electron chi connectivity index (χ1n) is 55.5. The van der Waals surface area contributed by atoms with Gasteiger partial charge in [0.1, 0.15) is 12.1 Å². The van der Waals surface area contributed by atoms with Crippen LogP contribution < -0.4 is 49.5 Å². The van der Waals surface area contributed by atoms with Crippen molar-refractivity contribution in [3.63, 3.8) is 0 Å². The number of rotatable bonds is 52. The number of carbonyl (C=O) groups is 4. The molecule has 19 N–H and O–H groups in total. The maximum atomic E-state index is 10.3. The molecule has 0 bridgehead atoms. The molecule has 2 amide bonds. The molecule has 21 nitrogen and oxygen atoms in total. The van der Waals surface area contributed by atoms with Gasteiger partial charge < -0.3 is 99.4 Å². The number of hydrogen-bond donors (Lipinski definition) is 15. The second-order valence-corrected chi connectivity index (χ2v) is 44.3. The molecule has 862 valence electrons. The lowest BCUT2D eigenvalue weighted by molar-refractivity contribution is -0.137. The lowest BCUT2D eigenvalue weighted by atomic mass is 10.1. The molecule has 140 heavy (non-hydrogen) atoms. The SMILES string of the molecule is C#CCC(C)C.C#CCC(C)C.C=CCC(C)C.CC(=O)CC(C)C.CC(C)CC(=O)O.CC(C)CC=O.CC(C)CCCO.CC(C)CCCO.CC(C)CCN.CC(C)CCN.CC(C)CCN.CC(C)CCN(C)C.CC(C)CCNC(C)C.CC(C)CCNC(N)=O.CC(C)CCO.CC(C)C[C@H](O)CO.CCCC(C)C.CCCCNCCOC.CCNCCC(C)C.CNCCC(C)C. The zero-order valence-corrected chi connectivity index (χ0v) is 104. The van der Waals surface area contributed by atoms with Crippen LogP contribution in [-0.2, 0) is 19.1 Å². The summed E-state index contributed by atoms with van der Waals surface area (Å²) in [6.45, 7) is 110. The van der Waals surface area contributed by atoms with Crippen LogP contribution in [0.2, 0.25) is 0 Å². The number of ether oxygens (including phenoxy) is 1. The number of aliphatic hydroxyl groups excluding tert-OH is 5. The average Bonchev–Trinajstić information content (AvgIpc) is 1.06. The highest BCUT2D eigenvalue weighted by Gasteiger charge is 2.05. The van der Waals surface area contributed by atoms with E-state index in [9.17, 15) is 19.2 Å². The van der Waals surface area contributed by atoms with Crippen molar-refractivity contribution in [1.82, 2.24) is 31.5 Å². The van der Waals surface area contributed by atoms with Crippen LogP contribution in [0.5, 0.6) is 0 Å². The summed E-state index contributed by atoms with van der Waals surface area (Å²) in [4.78, 5) is 42.0. The number of urea groups is 1. The molecule has 0 spiro atoms. The number of aliphatic carboxylic acids is 1. The van der Waals surface area contributed by atoms with E-state index >= 15 is 0 Å². The van der Waals surface area contributed by atoms with Gasteiger partial charge in [-0.25, -0.2) is 4.79 Å². The molecule has 0 heterocycles. The van der Waals surface area contributed by atoms with E-state index < -0.39 is 18.1 Å². The van der Waals surface area contributed by atoms with Crippen molar-refractivity contribution >= 4 is 24.1 Å². The molecule has 0 saturated carbocycles. The molecule has 0 aliphatic heterocycles. The predicted molar refractivity (Wildman–Crippen MR) is 634 cm³/mol. The maximum Gasteiger partial charge on any atom is 0.312 e. The van der Waals surface area contributed by atoms with E-state index in [0.29, 0.717) is 86.7 Å². The smallest absolute Gasteiger partial charge is 0.312 e. The van der Waals surface area contributed by atoms with Crippen molar-refractivity contribution in [1.29, 1.82) is 0 Å². The van der Waals surface area contributed by atoms with Crippen molar-refractivity contribution in [3.8, 4) is 24.7 Å². The Morgan fingerprint density at radius 1 is 0.414 bits per heavy atom. The molecule has 0 saturated heterocycles. The Balaban J connectivity index is -0.0000000602. The summed E-state index contributed by atoms with van der Waals surface area (Å²) < 4.78 is 4.86. The lowest BCUT2D eigenvalue weighted by Gasteiger charge is -2.10. The summed E-state index contributed by atoms with van der Waals surface area (Å²) in [6, 6.07) is 0.208. The molecule has 0 unspecified atom stereocenters. The Morgan fingerprint density at radius 3 is 0.893 bits per heavy atom. The van der Waals surface area contributed by atoms with E-state index in [1.165, 1.54) is 64.5 Å². The van der Waals surface area contributed by atoms with E-state index in [2.05, 4.69) is 306 Å². The van der Waals surface area contributed by atoms with Crippen molar-refractivity contribution in [2.45, 2.75) is 471 Å². The van der Waals surface area contributed by atoms with E-state index in [1.54, 1.807) is 14.0 Å². The largest absolute Gasteiger partial charge is 0.481 e. The van der Waals surface area contributed by atoms with Crippen LogP contribution in [0.4, 0.5) is 4.79 Å². The molecular weight excluding hydrogens is 1750 g/mol. The second-order valence-electron chi connectivity index (χ2n) is 44.3. The third-order valence-corrected chi connectivity index (χ3v) is 16.9. The first-order chi connectivity index (χ1) is 64.7. The summed E-state index contributed by atoms with van der Waals surface area (Å²) in [6.07, 6.45) is 37.7. The number of carboxylic acid groups (broad SMARTS) is 1. The third kappa shape index (κ3) is 399. The van der Waals surface area contributed by atoms with Crippen molar-refractivity contribution in [2.75, 3.05) is 133 Å². The van der Waals surface area contributed by atoms with Gasteiger partial charge in [0.2, 0.25) is 0 Å². The Labute approximate surface area is 882 Å². The fraction of sp³-hybridized carbons (Fsp3) is 0.916. The van der Waals surface area contributed by atoms with E-state index in [4.69, 9.17) is 71.2 Å². The molecule has 0 aromatic heterocycles. The summed E-state index contributed by atoms with van der Waals surface area (Å²) in [7, 11) is 7.94. The van der Waals surface area contributed by atoms with Crippen LogP contribution in [-0.4, -0.2) is 205 Å². The Bertz CT molecular complexity index is 2000. The topological polar surface area (TPSA) is 366 Å². The number of nitrogens with two attached hydrogens (primary N) is 4. The van der Waals surface area contributed by atoms with Gasteiger partial charge in [0, 0.05) is 78.2 Å². The number of carbonyl (C=O) groups excluding carboxylic acids is 3. The zero-order valence-electron chi connectivity index (χ0n) is 104. The lowest BCUT2D eigenvalue weighted by Crippen LogP contribution is -2.30. The van der Waals surface area contributed by atoms with Gasteiger partial charge in [0.15, 0.2) is 0 Å². The van der Waals surface area contributed by atoms with E-state index in [0.717, 1.165) is 214 Å². The molecular formula is C119H270N10O11. The predicted octanol–water partition coefficient (Wildman–Crippen LogP) is 27.4. The number of unbranched alkanes of at least 4 members (excludes halogenated alkanes) is 1. The Hall–Kier alpha value is -3.62. The number of hydrogen-bond acceptors (Lipinski definition) is 18. The monoisotopic (exact) mass is 2020 g/mol. The van der Waals surface area contributed by atoms with Crippen LogP contribution in [0.15, 0.2) is 12.7 Å². The minimum atomic E-state index is -0.713. The van der Waals surface area contributed by atoms with Gasteiger partial charge in [0.05, 0.1) is 19.3 Å². The molecule has 0 radical (unpaired) electrons. The standard InChI is InChI=1S/C8H19N.C7H17NO.2C7H17N.C6H14N2O.C6H15N.C6H14O2.C6H12O.2C6H14O.C6H14.C6H12.2C6H10.3C5H13N.C5H10O2.C5H12O.C5H10O/c1-7(2)5-6-9-8(3)4;1-3-4-5-8-6-7-9-2;1-7(2)5-6-8(3)4;1-4-8-6-5-7(2)3;1-5(2)3-4-8-6(7)9;1-6(2)4-5-7-3;1-5(2)3-6(8)4-7;1-5(2)4-6(3)7;2*1-6(2)4-3-5-7;4*1-4-5-6(2)3;3*1-5(2)3-4-6;1-4(2)3-5(6)7;2*1-5(2)3-4-6/h7-9H,5-6H2,1-4H3;8H,3-7H2,1-2H3;7H,5-6H2,1-4H3;7-8H,4-6H2,1-3H3;5H,3-4H2,1-2H3,(H3,7,8,9);6-7H,4-5H2,1-3H3;5-8H,3-4H2,1-2H3;5H,4H2,1-3H3;2*6-7H,3-5H2,1-2H3;6H,4-5H2,1-3H3;4,6H,1,5H2,2-3H3;2*1,6H,5H2,2-3H3;3*5H,3-4,6H2,1-2H3;4H,3H2,1-2H3,(H,6,7);5-6H,3-4H2,1-2H3;4-5H,3H2,1-2H3/t;;;;;;6-;;;;;;;;;;;;;/m......0............./s1. The van der Waals surface area contributed by atoms with Gasteiger partial charge in [-0.2, -0.15) is 0 Å². The van der Waals surface area contributed by atoms with Crippen LogP contribution in [0.25, 0.3) is 0 Å². The van der Waals surface area contributed by atoms with E-state index in [1.807, 2.05) is 68.5 Å². The minimum Gasteiger partial charge on any atom is -0.481 e. The third-order valence-electron chi connectivity index (χ3n) is 16.9. The molecule has 0 aliphatic carbocycles. The highest BCUT2D eigenvalue weighted by Crippen LogP contribution is 2.08. The number of carboxylic acids is 1. The van der Waals surface area contributed by atoms with Crippen LogP contribution >= 0.6 is 0 Å². The summed E-state index contributed by atoms with van der Waals surface area (Å²) in [5.74, 6) is 17.9. The normalized spacial score (nSPS) is 10.2. The average molecular weight is 2020 g/mol. The maximum absolute atomic E-state index is 10.3. The molecule has 0 fully saturated rings. The highest BCUT2D eigenvalue weighted by atomic mass is 16.5. The fourth-order valence-corrected chi connectivity index (χ4v) is 8.64. The highest BCUT2D eigenvalue weighted by molar-refractivity contribution is 5.75. The van der Waals surface area contributed by atoms with Gasteiger partial charge in [-0.3, -0.25) is 4.79 Å². The number of primary amides is 1. The van der Waals surface area contributed by atoms with Gasteiger partial charge >= 0.3 is 12.0 Å². The first-order valence-corrected chi connectivity index (χ1v) is 55.5. The molecule has 21 heteroatoms. The number of ketones is 1. The quantitative estimate of drug-likeness (QED) is 0.0116. The van der Waals surface area contributed by atoms with Gasteiger partial charge in [-0.05, 0) is 302 Å². The van der Waals surface area contributed by atoms with Crippen LogP contribution in [0.1, 0.15) is 459 Å². The zero-order chi connectivity index (χ0) is 115. The first kappa shape index (κ1) is 185. The van der Waals surface area contributed by atoms with Crippen LogP contribution in [0, 0.1) is 137 Å². The number of aliphatic hydroxyl groups is 5. The van der Waals surface area contributed by atoms with Crippen molar-refractivity contribution in [2.24, 2.45) is 135 Å².